The second-order valence-electron chi connectivity index (χ2n) is 8.59. The van der Waals surface area contributed by atoms with Crippen LogP contribution in [-0.2, 0) is 14.3 Å². The van der Waals surface area contributed by atoms with Crippen LogP contribution < -0.4 is 10.6 Å². The first-order chi connectivity index (χ1) is 16.4. The second-order valence-corrected chi connectivity index (χ2v) is 8.97. The number of aliphatic hydroxyl groups excluding tert-OH is 4. The number of fused-ring (bicyclic) bond motifs is 1. The first-order valence-electron chi connectivity index (χ1n) is 11.8. The summed E-state index contributed by atoms with van der Waals surface area (Å²) in [7, 11) is 0. The van der Waals surface area contributed by atoms with Crippen molar-refractivity contribution in [3.8, 4) is 0 Å². The number of piperidine rings is 1. The number of anilines is 1. The fourth-order valence-electron chi connectivity index (χ4n) is 4.42. The maximum Gasteiger partial charge on any atom is 0.250 e. The largest absolute Gasteiger partial charge is 0.379 e. The zero-order valence-electron chi connectivity index (χ0n) is 19.2. The molecule has 2 heterocycles. The highest BCUT2D eigenvalue weighted by Gasteiger charge is 2.45. The minimum atomic E-state index is -1.24. The van der Waals surface area contributed by atoms with Crippen molar-refractivity contribution in [2.24, 2.45) is 0 Å². The summed E-state index contributed by atoms with van der Waals surface area (Å²) in [6, 6.07) is 4.37. The van der Waals surface area contributed by atoms with Crippen molar-refractivity contribution in [3.05, 3.63) is 29.3 Å². The van der Waals surface area contributed by atoms with Crippen LogP contribution in [0.2, 0.25) is 0 Å². The van der Waals surface area contributed by atoms with Gasteiger partial charge in [-0.25, -0.2) is 4.90 Å². The summed E-state index contributed by atoms with van der Waals surface area (Å²) >= 11 is 5.64. The molecule has 2 aliphatic heterocycles. The Labute approximate surface area is 204 Å². The molecule has 10 nitrogen and oxygen atoms in total. The van der Waals surface area contributed by atoms with E-state index < -0.39 is 36.9 Å². The molecule has 0 saturated carbocycles. The summed E-state index contributed by atoms with van der Waals surface area (Å²) < 4.78 is 10.9. The highest BCUT2D eigenvalue weighted by Crippen LogP contribution is 2.45. The van der Waals surface area contributed by atoms with E-state index in [-0.39, 0.29) is 13.2 Å². The number of carbonyl (C=O) groups is 1. The molecule has 192 valence electrons. The Kier molecular flexibility index (Phi) is 11.0. The molecular formula is C23H36ClN3O7. The van der Waals surface area contributed by atoms with Gasteiger partial charge in [0.15, 0.2) is 0 Å². The molecule has 1 saturated heterocycles. The van der Waals surface area contributed by atoms with Crippen LogP contribution in [0.5, 0.6) is 0 Å². The van der Waals surface area contributed by atoms with E-state index in [0.29, 0.717) is 48.7 Å². The van der Waals surface area contributed by atoms with Gasteiger partial charge in [0.25, 0.3) is 0 Å². The SMILES string of the molecule is O=C(COCCOCCCCCCCl)Nc1cccc2c1C(O)N(C1CCC(O)NC1O)C2O. The van der Waals surface area contributed by atoms with Gasteiger partial charge in [-0.1, -0.05) is 25.0 Å². The van der Waals surface area contributed by atoms with Crippen molar-refractivity contribution >= 4 is 23.2 Å². The molecule has 1 aromatic carbocycles. The Morgan fingerprint density at radius 1 is 1.03 bits per heavy atom. The number of hydrogen-bond donors (Lipinski definition) is 6. The van der Waals surface area contributed by atoms with Crippen LogP contribution in [0.1, 0.15) is 62.1 Å². The molecule has 34 heavy (non-hydrogen) atoms. The molecule has 1 fully saturated rings. The number of alkyl halides is 1. The van der Waals surface area contributed by atoms with Gasteiger partial charge in [0.05, 0.1) is 19.3 Å². The molecule has 3 rings (SSSR count). The number of nitrogens with one attached hydrogen (secondary N) is 2. The predicted molar refractivity (Wildman–Crippen MR) is 126 cm³/mol. The number of ether oxygens (including phenoxy) is 2. The van der Waals surface area contributed by atoms with Crippen LogP contribution in [0.4, 0.5) is 5.69 Å². The Balaban J connectivity index is 1.46. The maximum absolute atomic E-state index is 12.4. The highest BCUT2D eigenvalue weighted by atomic mass is 35.5. The van der Waals surface area contributed by atoms with Gasteiger partial charge in [0.1, 0.15) is 31.5 Å². The van der Waals surface area contributed by atoms with Crippen molar-refractivity contribution < 1.29 is 34.7 Å². The second kappa shape index (κ2) is 13.7. The molecule has 0 aromatic heterocycles. The zero-order valence-corrected chi connectivity index (χ0v) is 20.0. The third-order valence-electron chi connectivity index (χ3n) is 6.14. The van der Waals surface area contributed by atoms with Crippen molar-refractivity contribution in [1.29, 1.82) is 0 Å². The maximum atomic E-state index is 12.4. The van der Waals surface area contributed by atoms with E-state index in [0.717, 1.165) is 25.7 Å². The smallest absolute Gasteiger partial charge is 0.250 e. The molecule has 1 amide bonds. The van der Waals surface area contributed by atoms with E-state index in [9.17, 15) is 25.2 Å². The number of halogens is 1. The molecule has 1 aromatic rings. The lowest BCUT2D eigenvalue weighted by atomic mass is 10.0. The fourth-order valence-corrected chi connectivity index (χ4v) is 4.61. The number of carbonyl (C=O) groups excluding carboxylic acids is 1. The van der Waals surface area contributed by atoms with E-state index in [2.05, 4.69) is 10.6 Å². The summed E-state index contributed by atoms with van der Waals surface area (Å²) in [5, 5.41) is 47.1. The molecule has 5 atom stereocenters. The number of unbranched alkanes of at least 4 members (excludes halogenated alkanes) is 3. The Morgan fingerprint density at radius 2 is 1.79 bits per heavy atom. The lowest BCUT2D eigenvalue weighted by Crippen LogP contribution is -2.57. The standard InChI is InChI=1S/C23H36ClN3O7/c24-10-3-1-2-4-11-33-12-13-34-14-19(29)25-16-7-5-6-15-20(16)23(32)27(22(15)31)17-8-9-18(28)26-21(17)30/h5-7,17-18,21-23,26,28,30-32H,1-4,8-14H2,(H,25,29). The van der Waals surface area contributed by atoms with Crippen LogP contribution in [-0.4, -0.2) is 82.0 Å². The first-order valence-corrected chi connectivity index (χ1v) is 12.4. The van der Waals surface area contributed by atoms with Crippen molar-refractivity contribution in [3.63, 3.8) is 0 Å². The van der Waals surface area contributed by atoms with E-state index in [1.165, 1.54) is 4.90 Å². The third-order valence-corrected chi connectivity index (χ3v) is 6.41. The van der Waals surface area contributed by atoms with E-state index >= 15 is 0 Å². The Hall–Kier alpha value is -1.34. The third kappa shape index (κ3) is 7.09. The van der Waals surface area contributed by atoms with Gasteiger partial charge in [-0.2, -0.15) is 0 Å². The van der Waals surface area contributed by atoms with Crippen molar-refractivity contribution in [1.82, 2.24) is 10.2 Å². The summed E-state index contributed by atoms with van der Waals surface area (Å²) in [6.45, 7) is 1.16. The van der Waals surface area contributed by atoms with E-state index in [4.69, 9.17) is 21.1 Å². The molecular weight excluding hydrogens is 466 g/mol. The van der Waals surface area contributed by atoms with Gasteiger partial charge in [-0.3, -0.25) is 10.1 Å². The average Bonchev–Trinajstić information content (AvgIpc) is 3.06. The number of nitrogens with zero attached hydrogens (tertiary/aromatic N) is 1. The van der Waals surface area contributed by atoms with E-state index in [1.54, 1.807) is 18.2 Å². The number of hydrogen-bond acceptors (Lipinski definition) is 9. The highest BCUT2D eigenvalue weighted by molar-refractivity contribution is 6.17. The van der Waals surface area contributed by atoms with Crippen LogP contribution >= 0.6 is 11.6 Å². The van der Waals surface area contributed by atoms with Gasteiger partial charge < -0.3 is 35.2 Å². The quantitative estimate of drug-likeness (QED) is 0.173. The molecule has 0 spiro atoms. The minimum absolute atomic E-state index is 0.172. The lowest BCUT2D eigenvalue weighted by molar-refractivity contribution is -0.158. The fraction of sp³-hybridized carbons (Fsp3) is 0.696. The average molecular weight is 502 g/mol. The zero-order chi connectivity index (χ0) is 24.5. The predicted octanol–water partition coefficient (Wildman–Crippen LogP) is 1.14. The Bertz CT molecular complexity index is 787. The van der Waals surface area contributed by atoms with Gasteiger partial charge >= 0.3 is 0 Å². The molecule has 5 unspecified atom stereocenters. The summed E-state index contributed by atoms with van der Waals surface area (Å²) in [5.41, 5.74) is 1.19. The number of benzene rings is 1. The summed E-state index contributed by atoms with van der Waals surface area (Å²) in [6.07, 6.45) is 0.533. The minimum Gasteiger partial charge on any atom is -0.379 e. The van der Waals surface area contributed by atoms with Crippen LogP contribution in [0.25, 0.3) is 0 Å². The molecule has 0 aliphatic carbocycles. The van der Waals surface area contributed by atoms with Crippen LogP contribution in [0.3, 0.4) is 0 Å². The molecule has 6 N–H and O–H groups in total. The summed E-state index contributed by atoms with van der Waals surface area (Å²) in [4.78, 5) is 13.8. The van der Waals surface area contributed by atoms with Crippen molar-refractivity contribution in [2.75, 3.05) is 37.6 Å². The van der Waals surface area contributed by atoms with Crippen LogP contribution in [0.15, 0.2) is 18.2 Å². The molecule has 11 heteroatoms. The van der Waals surface area contributed by atoms with Gasteiger partial charge in [0, 0.05) is 29.3 Å². The van der Waals surface area contributed by atoms with Crippen LogP contribution in [0, 0.1) is 0 Å². The first kappa shape index (κ1) is 27.3. The Morgan fingerprint density at radius 3 is 2.56 bits per heavy atom. The topological polar surface area (TPSA) is 144 Å². The van der Waals surface area contributed by atoms with E-state index in [1.807, 2.05) is 0 Å². The molecule has 0 bridgehead atoms. The number of amides is 1. The number of rotatable bonds is 13. The number of aliphatic hydroxyl groups is 4. The monoisotopic (exact) mass is 501 g/mol. The normalized spacial score (nSPS) is 27.0. The lowest BCUT2D eigenvalue weighted by Gasteiger charge is -2.40. The summed E-state index contributed by atoms with van der Waals surface area (Å²) in [5.74, 6) is 0.295. The van der Waals surface area contributed by atoms with Crippen molar-refractivity contribution in [2.45, 2.75) is 69.5 Å². The van der Waals surface area contributed by atoms with Gasteiger partial charge in [-0.15, -0.1) is 11.6 Å². The molecule has 2 aliphatic rings. The molecule has 0 radical (unpaired) electrons. The van der Waals surface area contributed by atoms with Gasteiger partial charge in [-0.05, 0) is 31.7 Å². The van der Waals surface area contributed by atoms with Gasteiger partial charge in [0.2, 0.25) is 5.91 Å².